The number of nitrogens with one attached hydrogen (secondary N) is 1. The Balaban J connectivity index is 1.44. The molecule has 3 aliphatic rings. The molecule has 0 aromatic rings. The van der Waals surface area contributed by atoms with Crippen LogP contribution >= 0.6 is 0 Å². The van der Waals surface area contributed by atoms with Gasteiger partial charge in [0.05, 0.1) is 0 Å². The molecule has 3 rings (SSSR count). The fraction of sp³-hybridized carbons (Fsp3) is 0.938. The fourth-order valence-corrected chi connectivity index (χ4v) is 3.94. The van der Waals surface area contributed by atoms with Crippen LogP contribution < -0.4 is 5.32 Å². The number of carbonyl (C=O) groups is 1. The largest absolute Gasteiger partial charge is 0.396 e. The number of nitrogens with zero attached hydrogens (tertiary/aromatic N) is 1. The molecule has 0 aromatic heterocycles. The standard InChI is InChI=1S/C16H28N2O2/c19-11-12-6-8-18(9-7-12)16(20)17-15-3-1-2-14(10-15)13-4-5-13/h12-15,19H,1-11H2,(H,17,20). The fourth-order valence-electron chi connectivity index (χ4n) is 3.94. The number of piperidine rings is 1. The maximum absolute atomic E-state index is 12.3. The van der Waals surface area contributed by atoms with Gasteiger partial charge in [-0.15, -0.1) is 0 Å². The first kappa shape index (κ1) is 14.2. The van der Waals surface area contributed by atoms with Crippen LogP contribution in [0.2, 0.25) is 0 Å². The van der Waals surface area contributed by atoms with E-state index >= 15 is 0 Å². The average Bonchev–Trinajstić information content (AvgIpc) is 3.32. The highest BCUT2D eigenvalue weighted by atomic mass is 16.3. The first-order chi connectivity index (χ1) is 9.76. The van der Waals surface area contributed by atoms with Crippen molar-refractivity contribution in [2.75, 3.05) is 19.7 Å². The van der Waals surface area contributed by atoms with Gasteiger partial charge in [-0.05, 0) is 56.3 Å². The normalized spacial score (nSPS) is 32.1. The number of hydrogen-bond donors (Lipinski definition) is 2. The minimum atomic E-state index is 0.128. The van der Waals surface area contributed by atoms with Crippen molar-refractivity contribution in [3.8, 4) is 0 Å². The summed E-state index contributed by atoms with van der Waals surface area (Å²) < 4.78 is 0. The van der Waals surface area contributed by atoms with E-state index in [0.29, 0.717) is 12.0 Å². The SMILES string of the molecule is O=C(NC1CCCC(C2CC2)C1)N1CCC(CO)CC1. The molecule has 3 fully saturated rings. The Kier molecular flexibility index (Phi) is 4.49. The summed E-state index contributed by atoms with van der Waals surface area (Å²) in [6, 6.07) is 0.528. The minimum absolute atomic E-state index is 0.128. The van der Waals surface area contributed by atoms with E-state index in [4.69, 9.17) is 5.11 Å². The molecule has 2 saturated carbocycles. The van der Waals surface area contributed by atoms with Crippen molar-refractivity contribution in [3.05, 3.63) is 0 Å². The van der Waals surface area contributed by atoms with Gasteiger partial charge in [0.25, 0.3) is 0 Å². The van der Waals surface area contributed by atoms with Crippen molar-refractivity contribution < 1.29 is 9.90 Å². The van der Waals surface area contributed by atoms with E-state index < -0.39 is 0 Å². The second-order valence-electron chi connectivity index (χ2n) is 7.02. The first-order valence-electron chi connectivity index (χ1n) is 8.42. The van der Waals surface area contributed by atoms with Crippen LogP contribution in [0.25, 0.3) is 0 Å². The van der Waals surface area contributed by atoms with Crippen molar-refractivity contribution in [2.45, 2.75) is 57.4 Å². The van der Waals surface area contributed by atoms with Gasteiger partial charge in [-0.3, -0.25) is 0 Å². The van der Waals surface area contributed by atoms with Crippen LogP contribution in [0.1, 0.15) is 51.4 Å². The highest BCUT2D eigenvalue weighted by Crippen LogP contribution is 2.43. The number of amides is 2. The van der Waals surface area contributed by atoms with E-state index in [1.165, 1.54) is 32.1 Å². The van der Waals surface area contributed by atoms with E-state index in [1.807, 2.05) is 4.90 Å². The van der Waals surface area contributed by atoms with Crippen LogP contribution in [0, 0.1) is 17.8 Å². The number of aliphatic hydroxyl groups excluding tert-OH is 1. The van der Waals surface area contributed by atoms with Crippen molar-refractivity contribution in [3.63, 3.8) is 0 Å². The molecule has 0 spiro atoms. The molecule has 2 N–H and O–H groups in total. The lowest BCUT2D eigenvalue weighted by Crippen LogP contribution is -2.49. The number of urea groups is 1. The van der Waals surface area contributed by atoms with Gasteiger partial charge in [0, 0.05) is 25.7 Å². The zero-order valence-corrected chi connectivity index (χ0v) is 12.4. The summed E-state index contributed by atoms with van der Waals surface area (Å²) in [5.74, 6) is 2.23. The molecule has 1 aliphatic heterocycles. The van der Waals surface area contributed by atoms with E-state index in [1.54, 1.807) is 0 Å². The molecule has 20 heavy (non-hydrogen) atoms. The minimum Gasteiger partial charge on any atom is -0.396 e. The third-order valence-electron chi connectivity index (χ3n) is 5.49. The molecule has 2 amide bonds. The summed E-state index contributed by atoms with van der Waals surface area (Å²) in [6.07, 6.45) is 9.72. The van der Waals surface area contributed by atoms with E-state index in [-0.39, 0.29) is 12.6 Å². The Morgan fingerprint density at radius 1 is 1.05 bits per heavy atom. The van der Waals surface area contributed by atoms with Gasteiger partial charge in [-0.1, -0.05) is 12.8 Å². The van der Waals surface area contributed by atoms with Gasteiger partial charge >= 0.3 is 6.03 Å². The van der Waals surface area contributed by atoms with Crippen molar-refractivity contribution in [2.24, 2.45) is 17.8 Å². The van der Waals surface area contributed by atoms with E-state index in [0.717, 1.165) is 44.2 Å². The molecule has 2 aliphatic carbocycles. The summed E-state index contributed by atoms with van der Waals surface area (Å²) >= 11 is 0. The topological polar surface area (TPSA) is 52.6 Å². The van der Waals surface area contributed by atoms with Gasteiger partial charge in [0.2, 0.25) is 0 Å². The summed E-state index contributed by atoms with van der Waals surface area (Å²) in [5, 5.41) is 12.4. The smallest absolute Gasteiger partial charge is 0.317 e. The third kappa shape index (κ3) is 3.46. The van der Waals surface area contributed by atoms with Gasteiger partial charge in [-0.2, -0.15) is 0 Å². The highest BCUT2D eigenvalue weighted by molar-refractivity contribution is 5.74. The quantitative estimate of drug-likeness (QED) is 0.834. The van der Waals surface area contributed by atoms with Crippen LogP contribution in [0.15, 0.2) is 0 Å². The van der Waals surface area contributed by atoms with E-state index in [2.05, 4.69) is 5.32 Å². The zero-order valence-electron chi connectivity index (χ0n) is 12.4. The van der Waals surface area contributed by atoms with Gasteiger partial charge in [0.15, 0.2) is 0 Å². The second kappa shape index (κ2) is 6.33. The molecule has 0 aromatic carbocycles. The second-order valence-corrected chi connectivity index (χ2v) is 7.02. The number of hydrogen-bond acceptors (Lipinski definition) is 2. The molecule has 1 heterocycles. The predicted octanol–water partition coefficient (Wildman–Crippen LogP) is 2.37. The lowest BCUT2D eigenvalue weighted by atomic mass is 9.83. The molecule has 0 radical (unpaired) electrons. The molecule has 4 heteroatoms. The van der Waals surface area contributed by atoms with Crippen molar-refractivity contribution in [1.29, 1.82) is 0 Å². The monoisotopic (exact) mass is 280 g/mol. The van der Waals surface area contributed by atoms with Crippen LogP contribution in [-0.4, -0.2) is 41.8 Å². The molecular weight excluding hydrogens is 252 g/mol. The highest BCUT2D eigenvalue weighted by Gasteiger charge is 2.35. The summed E-state index contributed by atoms with van der Waals surface area (Å²) in [5.41, 5.74) is 0. The molecular formula is C16H28N2O2. The van der Waals surface area contributed by atoms with Crippen LogP contribution in [0.4, 0.5) is 4.79 Å². The Hall–Kier alpha value is -0.770. The van der Waals surface area contributed by atoms with Crippen molar-refractivity contribution in [1.82, 2.24) is 10.2 Å². The summed E-state index contributed by atoms with van der Waals surface area (Å²) in [7, 11) is 0. The van der Waals surface area contributed by atoms with Crippen LogP contribution in [-0.2, 0) is 0 Å². The van der Waals surface area contributed by atoms with Gasteiger partial charge < -0.3 is 15.3 Å². The number of aliphatic hydroxyl groups is 1. The number of likely N-dealkylation sites (tertiary alicyclic amines) is 1. The maximum Gasteiger partial charge on any atom is 0.317 e. The molecule has 1 saturated heterocycles. The lowest BCUT2D eigenvalue weighted by Gasteiger charge is -2.35. The Morgan fingerprint density at radius 2 is 1.80 bits per heavy atom. The van der Waals surface area contributed by atoms with Crippen molar-refractivity contribution >= 4 is 6.03 Å². The summed E-state index contributed by atoms with van der Waals surface area (Å²) in [4.78, 5) is 14.2. The molecule has 4 nitrogen and oxygen atoms in total. The lowest BCUT2D eigenvalue weighted by molar-refractivity contribution is 0.132. The van der Waals surface area contributed by atoms with Crippen LogP contribution in [0.5, 0.6) is 0 Å². The van der Waals surface area contributed by atoms with Crippen LogP contribution in [0.3, 0.4) is 0 Å². The molecule has 2 unspecified atom stereocenters. The average molecular weight is 280 g/mol. The van der Waals surface area contributed by atoms with E-state index in [9.17, 15) is 4.79 Å². The Labute approximate surface area is 121 Å². The number of rotatable bonds is 3. The van der Waals surface area contributed by atoms with Gasteiger partial charge in [-0.25, -0.2) is 4.79 Å². The van der Waals surface area contributed by atoms with Gasteiger partial charge in [0.1, 0.15) is 0 Å². The zero-order chi connectivity index (χ0) is 13.9. The third-order valence-corrected chi connectivity index (χ3v) is 5.49. The maximum atomic E-state index is 12.3. The molecule has 2 atom stereocenters. The predicted molar refractivity (Wildman–Crippen MR) is 78.4 cm³/mol. The molecule has 114 valence electrons. The summed E-state index contributed by atoms with van der Waals surface area (Å²) in [6.45, 7) is 1.87. The number of carbonyl (C=O) groups excluding carboxylic acids is 1. The Morgan fingerprint density at radius 3 is 2.45 bits per heavy atom. The Bertz CT molecular complexity index is 335. The first-order valence-corrected chi connectivity index (χ1v) is 8.42. The molecule has 0 bridgehead atoms.